The van der Waals surface area contributed by atoms with E-state index < -0.39 is 5.91 Å². The summed E-state index contributed by atoms with van der Waals surface area (Å²) in [4.78, 5) is 27.5. The maximum atomic E-state index is 11.8. The molecular formula is C14H27N3O2. The molecule has 5 nitrogen and oxygen atoms in total. The standard InChI is InChI=1S/C14H27N3O2/c1-3-16(4-2)10-8-9-15-13(18)14(19)17-11-6-5-7-12-17/h3-12H2,1-2H3,(H,15,18). The van der Waals surface area contributed by atoms with Crippen LogP contribution in [0.2, 0.25) is 0 Å². The topological polar surface area (TPSA) is 52.7 Å². The molecule has 1 aliphatic heterocycles. The molecule has 0 saturated carbocycles. The van der Waals surface area contributed by atoms with E-state index in [-0.39, 0.29) is 5.91 Å². The molecule has 5 heteroatoms. The molecule has 0 radical (unpaired) electrons. The number of likely N-dealkylation sites (tertiary alicyclic amines) is 1. The molecular weight excluding hydrogens is 242 g/mol. The Morgan fingerprint density at radius 2 is 1.74 bits per heavy atom. The molecule has 1 fully saturated rings. The van der Waals surface area contributed by atoms with Gasteiger partial charge in [-0.2, -0.15) is 0 Å². The highest BCUT2D eigenvalue weighted by Crippen LogP contribution is 2.08. The summed E-state index contributed by atoms with van der Waals surface area (Å²) in [5.74, 6) is -0.802. The van der Waals surface area contributed by atoms with E-state index in [1.807, 2.05) is 0 Å². The lowest BCUT2D eigenvalue weighted by Gasteiger charge is -2.26. The number of nitrogens with zero attached hydrogens (tertiary/aromatic N) is 2. The monoisotopic (exact) mass is 269 g/mol. The highest BCUT2D eigenvalue weighted by molar-refractivity contribution is 6.35. The Hall–Kier alpha value is -1.10. The predicted molar refractivity (Wildman–Crippen MR) is 75.8 cm³/mol. The fourth-order valence-electron chi connectivity index (χ4n) is 2.36. The normalized spacial score (nSPS) is 15.6. The Balaban J connectivity index is 2.17. The van der Waals surface area contributed by atoms with Crippen molar-refractivity contribution in [3.8, 4) is 0 Å². The van der Waals surface area contributed by atoms with Crippen LogP contribution in [0, 0.1) is 0 Å². The molecule has 0 aromatic heterocycles. The third-order valence-corrected chi connectivity index (χ3v) is 3.67. The van der Waals surface area contributed by atoms with Gasteiger partial charge >= 0.3 is 11.8 Å². The van der Waals surface area contributed by atoms with Crippen molar-refractivity contribution in [1.29, 1.82) is 0 Å². The fourth-order valence-corrected chi connectivity index (χ4v) is 2.36. The number of amides is 2. The molecule has 1 aliphatic rings. The predicted octanol–water partition coefficient (Wildman–Crippen LogP) is 0.847. The van der Waals surface area contributed by atoms with E-state index in [9.17, 15) is 9.59 Å². The molecule has 0 spiro atoms. The van der Waals surface area contributed by atoms with Crippen molar-refractivity contribution >= 4 is 11.8 Å². The second-order valence-corrected chi connectivity index (χ2v) is 4.99. The summed E-state index contributed by atoms with van der Waals surface area (Å²) in [6.45, 7) is 9.30. The van der Waals surface area contributed by atoms with E-state index in [2.05, 4.69) is 24.1 Å². The Labute approximate surface area is 116 Å². The first-order valence-corrected chi connectivity index (χ1v) is 7.48. The average molecular weight is 269 g/mol. The first-order chi connectivity index (χ1) is 9.19. The van der Waals surface area contributed by atoms with Crippen molar-refractivity contribution in [2.75, 3.05) is 39.3 Å². The largest absolute Gasteiger partial charge is 0.348 e. The van der Waals surface area contributed by atoms with Crippen LogP contribution in [0.3, 0.4) is 0 Å². The van der Waals surface area contributed by atoms with Crippen LogP contribution in [-0.2, 0) is 9.59 Å². The second-order valence-electron chi connectivity index (χ2n) is 4.99. The van der Waals surface area contributed by atoms with E-state index >= 15 is 0 Å². The Morgan fingerprint density at radius 1 is 1.11 bits per heavy atom. The maximum absolute atomic E-state index is 11.8. The minimum Gasteiger partial charge on any atom is -0.348 e. The van der Waals surface area contributed by atoms with E-state index in [1.54, 1.807) is 4.90 Å². The molecule has 0 aromatic carbocycles. The number of nitrogens with one attached hydrogen (secondary N) is 1. The number of carbonyl (C=O) groups excluding carboxylic acids is 2. The molecule has 0 unspecified atom stereocenters. The minimum absolute atomic E-state index is 0.359. The number of rotatable bonds is 6. The molecule has 19 heavy (non-hydrogen) atoms. The van der Waals surface area contributed by atoms with Crippen molar-refractivity contribution in [3.63, 3.8) is 0 Å². The summed E-state index contributed by atoms with van der Waals surface area (Å²) in [5, 5.41) is 2.73. The quantitative estimate of drug-likeness (QED) is 0.574. The summed E-state index contributed by atoms with van der Waals surface area (Å²) in [6, 6.07) is 0. The first kappa shape index (κ1) is 16.0. The lowest BCUT2D eigenvalue weighted by molar-refractivity contribution is -0.146. The highest BCUT2D eigenvalue weighted by atomic mass is 16.2. The first-order valence-electron chi connectivity index (χ1n) is 7.48. The molecule has 1 rings (SSSR count). The molecule has 2 amide bonds. The van der Waals surface area contributed by atoms with Crippen LogP contribution in [0.5, 0.6) is 0 Å². The van der Waals surface area contributed by atoms with E-state index in [0.717, 1.165) is 58.4 Å². The van der Waals surface area contributed by atoms with Crippen molar-refractivity contribution in [2.45, 2.75) is 39.5 Å². The second kappa shape index (κ2) is 8.91. The smallest absolute Gasteiger partial charge is 0.311 e. The van der Waals surface area contributed by atoms with Crippen LogP contribution in [0.25, 0.3) is 0 Å². The van der Waals surface area contributed by atoms with Gasteiger partial charge in [-0.1, -0.05) is 13.8 Å². The summed E-state index contributed by atoms with van der Waals surface area (Å²) < 4.78 is 0. The summed E-state index contributed by atoms with van der Waals surface area (Å²) in [7, 11) is 0. The van der Waals surface area contributed by atoms with Crippen molar-refractivity contribution in [2.24, 2.45) is 0 Å². The van der Waals surface area contributed by atoms with Gasteiger partial charge < -0.3 is 15.1 Å². The molecule has 1 saturated heterocycles. The third-order valence-electron chi connectivity index (χ3n) is 3.67. The third kappa shape index (κ3) is 5.59. The molecule has 1 N–H and O–H groups in total. The number of piperidine rings is 1. The summed E-state index contributed by atoms with van der Waals surface area (Å²) in [5.41, 5.74) is 0. The molecule has 0 atom stereocenters. The van der Waals surface area contributed by atoms with E-state index in [1.165, 1.54) is 0 Å². The van der Waals surface area contributed by atoms with Gasteiger partial charge in [-0.05, 0) is 45.3 Å². The lowest BCUT2D eigenvalue weighted by atomic mass is 10.1. The van der Waals surface area contributed by atoms with Crippen molar-refractivity contribution in [1.82, 2.24) is 15.1 Å². The number of carbonyl (C=O) groups is 2. The summed E-state index contributed by atoms with van der Waals surface area (Å²) in [6.07, 6.45) is 4.08. The maximum Gasteiger partial charge on any atom is 0.311 e. The lowest BCUT2D eigenvalue weighted by Crippen LogP contribution is -2.45. The zero-order valence-corrected chi connectivity index (χ0v) is 12.3. The van der Waals surface area contributed by atoms with Crippen LogP contribution in [-0.4, -0.2) is 60.9 Å². The van der Waals surface area contributed by atoms with Gasteiger partial charge in [0.05, 0.1) is 0 Å². The Bertz CT molecular complexity index is 284. The minimum atomic E-state index is -0.443. The Morgan fingerprint density at radius 3 is 2.32 bits per heavy atom. The van der Waals surface area contributed by atoms with Gasteiger partial charge in [-0.3, -0.25) is 9.59 Å². The van der Waals surface area contributed by atoms with Crippen LogP contribution in [0.1, 0.15) is 39.5 Å². The van der Waals surface area contributed by atoms with Crippen LogP contribution in [0.15, 0.2) is 0 Å². The van der Waals surface area contributed by atoms with Gasteiger partial charge in [0.15, 0.2) is 0 Å². The zero-order chi connectivity index (χ0) is 14.1. The zero-order valence-electron chi connectivity index (χ0n) is 12.3. The highest BCUT2D eigenvalue weighted by Gasteiger charge is 2.22. The fraction of sp³-hybridized carbons (Fsp3) is 0.857. The van der Waals surface area contributed by atoms with Gasteiger partial charge in [0.2, 0.25) is 0 Å². The van der Waals surface area contributed by atoms with Crippen LogP contribution >= 0.6 is 0 Å². The average Bonchev–Trinajstić information content (AvgIpc) is 2.47. The van der Waals surface area contributed by atoms with Gasteiger partial charge in [-0.25, -0.2) is 0 Å². The van der Waals surface area contributed by atoms with Gasteiger partial charge in [-0.15, -0.1) is 0 Å². The van der Waals surface area contributed by atoms with E-state index in [0.29, 0.717) is 6.54 Å². The van der Waals surface area contributed by atoms with Crippen LogP contribution in [0.4, 0.5) is 0 Å². The Kier molecular flexibility index (Phi) is 7.48. The van der Waals surface area contributed by atoms with Gasteiger partial charge in [0, 0.05) is 19.6 Å². The summed E-state index contributed by atoms with van der Waals surface area (Å²) >= 11 is 0. The molecule has 110 valence electrons. The number of hydrogen-bond donors (Lipinski definition) is 1. The van der Waals surface area contributed by atoms with Gasteiger partial charge in [0.1, 0.15) is 0 Å². The van der Waals surface area contributed by atoms with Gasteiger partial charge in [0.25, 0.3) is 0 Å². The van der Waals surface area contributed by atoms with E-state index in [4.69, 9.17) is 0 Å². The number of hydrogen-bond acceptors (Lipinski definition) is 3. The molecule has 0 aromatic rings. The SMILES string of the molecule is CCN(CC)CCCNC(=O)C(=O)N1CCCCC1. The molecule has 1 heterocycles. The molecule has 0 aliphatic carbocycles. The molecule has 0 bridgehead atoms. The van der Waals surface area contributed by atoms with Crippen LogP contribution < -0.4 is 5.32 Å². The van der Waals surface area contributed by atoms with Crippen molar-refractivity contribution in [3.05, 3.63) is 0 Å². The van der Waals surface area contributed by atoms with Crippen molar-refractivity contribution < 1.29 is 9.59 Å².